The molecule has 0 aliphatic heterocycles. The third-order valence-electron chi connectivity index (χ3n) is 3.40. The second kappa shape index (κ2) is 5.21. The SMILES string of the molecule is Cc1nc(Oc2ccc(F)cc2Cl)c2oc3ccccc3c2n1. The summed E-state index contributed by atoms with van der Waals surface area (Å²) in [6, 6.07) is 11.5. The van der Waals surface area contributed by atoms with E-state index < -0.39 is 5.82 Å². The van der Waals surface area contributed by atoms with Crippen LogP contribution in [0.3, 0.4) is 0 Å². The van der Waals surface area contributed by atoms with Gasteiger partial charge in [-0.05, 0) is 37.3 Å². The molecule has 0 saturated heterocycles. The van der Waals surface area contributed by atoms with Gasteiger partial charge in [-0.15, -0.1) is 0 Å². The van der Waals surface area contributed by atoms with Gasteiger partial charge in [0.2, 0.25) is 5.58 Å². The van der Waals surface area contributed by atoms with Crippen LogP contribution < -0.4 is 4.74 Å². The number of aromatic nitrogens is 2. The van der Waals surface area contributed by atoms with E-state index in [1.165, 1.54) is 18.2 Å². The van der Waals surface area contributed by atoms with E-state index in [0.29, 0.717) is 28.3 Å². The second-order valence-corrected chi connectivity index (χ2v) is 5.44. The maximum Gasteiger partial charge on any atom is 0.267 e. The van der Waals surface area contributed by atoms with E-state index in [-0.39, 0.29) is 10.9 Å². The van der Waals surface area contributed by atoms with Gasteiger partial charge in [0.25, 0.3) is 5.88 Å². The monoisotopic (exact) mass is 328 g/mol. The number of para-hydroxylation sites is 1. The van der Waals surface area contributed by atoms with Crippen molar-refractivity contribution < 1.29 is 13.5 Å². The van der Waals surface area contributed by atoms with Gasteiger partial charge in [0, 0.05) is 5.39 Å². The van der Waals surface area contributed by atoms with Crippen LogP contribution in [0.25, 0.3) is 22.1 Å². The van der Waals surface area contributed by atoms with Crippen LogP contribution in [0.4, 0.5) is 4.39 Å². The van der Waals surface area contributed by atoms with Gasteiger partial charge in [0.1, 0.15) is 28.5 Å². The number of ether oxygens (including phenoxy) is 1. The number of hydrogen-bond acceptors (Lipinski definition) is 4. The van der Waals surface area contributed by atoms with Crippen molar-refractivity contribution >= 4 is 33.7 Å². The maximum atomic E-state index is 13.2. The minimum absolute atomic E-state index is 0.158. The van der Waals surface area contributed by atoms with E-state index in [2.05, 4.69) is 9.97 Å². The van der Waals surface area contributed by atoms with Crippen molar-refractivity contribution in [2.45, 2.75) is 6.92 Å². The lowest BCUT2D eigenvalue weighted by Gasteiger charge is -2.07. The largest absolute Gasteiger partial charge is 0.449 e. The van der Waals surface area contributed by atoms with Gasteiger partial charge in [0.15, 0.2) is 0 Å². The highest BCUT2D eigenvalue weighted by atomic mass is 35.5. The van der Waals surface area contributed by atoms with Crippen LogP contribution in [-0.2, 0) is 0 Å². The number of halogens is 2. The Hall–Kier alpha value is -2.66. The Bertz CT molecular complexity index is 1050. The normalized spacial score (nSPS) is 11.3. The summed E-state index contributed by atoms with van der Waals surface area (Å²) in [5, 5.41) is 1.04. The molecule has 2 aromatic carbocycles. The van der Waals surface area contributed by atoms with Crippen molar-refractivity contribution in [2.24, 2.45) is 0 Å². The molecule has 0 fully saturated rings. The predicted octanol–water partition coefficient (Wildman–Crippen LogP) is 5.27. The number of aryl methyl sites for hydroxylation is 1. The van der Waals surface area contributed by atoms with E-state index in [1.54, 1.807) is 6.92 Å². The molecule has 2 heterocycles. The maximum absolute atomic E-state index is 13.2. The molecule has 114 valence electrons. The number of hydrogen-bond donors (Lipinski definition) is 0. The van der Waals surface area contributed by atoms with Crippen molar-refractivity contribution in [1.82, 2.24) is 9.97 Å². The van der Waals surface area contributed by atoms with Gasteiger partial charge < -0.3 is 9.15 Å². The molecule has 0 saturated carbocycles. The molecular weight excluding hydrogens is 319 g/mol. The third-order valence-corrected chi connectivity index (χ3v) is 3.70. The second-order valence-electron chi connectivity index (χ2n) is 5.03. The first-order valence-corrected chi connectivity index (χ1v) is 7.28. The molecule has 0 atom stereocenters. The standard InChI is InChI=1S/C17H10ClFN2O2/c1-9-20-15-11-4-2-3-5-13(11)22-16(15)17(21-9)23-14-7-6-10(19)8-12(14)18/h2-8H,1H3. The first kappa shape index (κ1) is 14.0. The molecule has 0 unspecified atom stereocenters. The molecule has 2 aromatic heterocycles. The van der Waals surface area contributed by atoms with Gasteiger partial charge >= 0.3 is 0 Å². The molecule has 0 aliphatic rings. The van der Waals surface area contributed by atoms with Crippen LogP contribution in [0.2, 0.25) is 5.02 Å². The first-order chi connectivity index (χ1) is 11.1. The fourth-order valence-electron chi connectivity index (χ4n) is 2.40. The Morgan fingerprint density at radius 3 is 2.78 bits per heavy atom. The Morgan fingerprint density at radius 2 is 1.96 bits per heavy atom. The quantitative estimate of drug-likeness (QED) is 0.503. The summed E-state index contributed by atoms with van der Waals surface area (Å²) in [5.41, 5.74) is 1.79. The fraction of sp³-hybridized carbons (Fsp3) is 0.0588. The number of rotatable bonds is 2. The molecule has 0 radical (unpaired) electrons. The summed E-state index contributed by atoms with van der Waals surface area (Å²) >= 11 is 6.01. The molecule has 23 heavy (non-hydrogen) atoms. The van der Waals surface area contributed by atoms with Gasteiger partial charge in [-0.2, -0.15) is 4.98 Å². The summed E-state index contributed by atoms with van der Waals surface area (Å²) in [6.07, 6.45) is 0. The van der Waals surface area contributed by atoms with Crippen molar-refractivity contribution in [1.29, 1.82) is 0 Å². The van der Waals surface area contributed by atoms with E-state index in [4.69, 9.17) is 20.8 Å². The zero-order valence-electron chi connectivity index (χ0n) is 12.0. The zero-order chi connectivity index (χ0) is 16.0. The summed E-state index contributed by atoms with van der Waals surface area (Å²) in [6.45, 7) is 1.76. The van der Waals surface area contributed by atoms with Crippen molar-refractivity contribution in [3.05, 3.63) is 59.1 Å². The molecule has 4 nitrogen and oxygen atoms in total. The van der Waals surface area contributed by atoms with Gasteiger partial charge in [-0.25, -0.2) is 9.37 Å². The van der Waals surface area contributed by atoms with Crippen molar-refractivity contribution in [3.8, 4) is 11.6 Å². The van der Waals surface area contributed by atoms with Crippen LogP contribution in [0.5, 0.6) is 11.6 Å². The fourth-order valence-corrected chi connectivity index (χ4v) is 2.61. The number of fused-ring (bicyclic) bond motifs is 3. The first-order valence-electron chi connectivity index (χ1n) is 6.90. The molecule has 6 heteroatoms. The smallest absolute Gasteiger partial charge is 0.267 e. The van der Waals surface area contributed by atoms with E-state index >= 15 is 0 Å². The summed E-state index contributed by atoms with van der Waals surface area (Å²) < 4.78 is 24.7. The summed E-state index contributed by atoms with van der Waals surface area (Å²) in [7, 11) is 0. The minimum atomic E-state index is -0.435. The van der Waals surface area contributed by atoms with E-state index in [1.807, 2.05) is 24.3 Å². The molecule has 4 rings (SSSR count). The minimum Gasteiger partial charge on any atom is -0.449 e. The highest BCUT2D eigenvalue weighted by molar-refractivity contribution is 6.32. The lowest BCUT2D eigenvalue weighted by molar-refractivity contribution is 0.453. The van der Waals surface area contributed by atoms with Crippen LogP contribution >= 0.6 is 11.6 Å². The van der Waals surface area contributed by atoms with Gasteiger partial charge in [-0.1, -0.05) is 23.7 Å². The molecular formula is C17H10ClFN2O2. The Kier molecular flexibility index (Phi) is 3.16. The predicted molar refractivity (Wildman–Crippen MR) is 85.5 cm³/mol. The van der Waals surface area contributed by atoms with E-state index in [9.17, 15) is 4.39 Å². The van der Waals surface area contributed by atoms with Crippen LogP contribution in [0.1, 0.15) is 5.82 Å². The third kappa shape index (κ3) is 2.39. The van der Waals surface area contributed by atoms with Crippen LogP contribution in [-0.4, -0.2) is 9.97 Å². The lowest BCUT2D eigenvalue weighted by atomic mass is 10.2. The molecule has 0 amide bonds. The molecule has 0 bridgehead atoms. The Morgan fingerprint density at radius 1 is 1.13 bits per heavy atom. The van der Waals surface area contributed by atoms with Crippen molar-refractivity contribution in [2.75, 3.05) is 0 Å². The van der Waals surface area contributed by atoms with Crippen molar-refractivity contribution in [3.63, 3.8) is 0 Å². The molecule has 4 aromatic rings. The molecule has 0 N–H and O–H groups in total. The van der Waals surface area contributed by atoms with E-state index in [0.717, 1.165) is 5.39 Å². The Labute approximate surface area is 135 Å². The van der Waals surface area contributed by atoms with Crippen LogP contribution in [0.15, 0.2) is 46.9 Å². The Balaban J connectivity index is 1.92. The topological polar surface area (TPSA) is 48.2 Å². The number of furan rings is 1. The highest BCUT2D eigenvalue weighted by Crippen LogP contribution is 2.36. The molecule has 0 spiro atoms. The molecule has 0 aliphatic carbocycles. The zero-order valence-corrected chi connectivity index (χ0v) is 12.8. The number of nitrogens with zero attached hydrogens (tertiary/aromatic N) is 2. The highest BCUT2D eigenvalue weighted by Gasteiger charge is 2.17. The average molecular weight is 329 g/mol. The lowest BCUT2D eigenvalue weighted by Crippen LogP contribution is -1.94. The summed E-state index contributed by atoms with van der Waals surface area (Å²) in [5.74, 6) is 0.650. The summed E-state index contributed by atoms with van der Waals surface area (Å²) in [4.78, 5) is 8.70. The average Bonchev–Trinajstić information content (AvgIpc) is 2.89. The van der Waals surface area contributed by atoms with Crippen LogP contribution in [0, 0.1) is 12.7 Å². The van der Waals surface area contributed by atoms with Gasteiger partial charge in [0.05, 0.1) is 5.02 Å². The number of benzene rings is 2. The van der Waals surface area contributed by atoms with Gasteiger partial charge in [-0.3, -0.25) is 0 Å².